The van der Waals surface area contributed by atoms with Crippen molar-refractivity contribution in [2.75, 3.05) is 0 Å². The minimum atomic E-state index is -1.08. The van der Waals surface area contributed by atoms with Crippen molar-refractivity contribution in [3.8, 4) is 5.75 Å². The number of carboxylic acids is 1. The van der Waals surface area contributed by atoms with E-state index in [1.165, 1.54) is 48.5 Å². The van der Waals surface area contributed by atoms with Crippen LogP contribution in [0, 0.1) is 10.1 Å². The number of nitrogens with zero attached hydrogens (tertiary/aromatic N) is 3. The molecule has 0 radical (unpaired) electrons. The van der Waals surface area contributed by atoms with Gasteiger partial charge in [0.25, 0.3) is 5.56 Å². The molecule has 170 valence electrons. The van der Waals surface area contributed by atoms with Gasteiger partial charge in [-0.25, -0.2) is 9.59 Å². The highest BCUT2D eigenvalue weighted by molar-refractivity contribution is 5.87. The van der Waals surface area contributed by atoms with Crippen LogP contribution in [0.15, 0.2) is 81.4 Å². The van der Waals surface area contributed by atoms with Crippen molar-refractivity contribution < 1.29 is 19.6 Å². The first-order chi connectivity index (χ1) is 16.3. The van der Waals surface area contributed by atoms with Crippen LogP contribution in [0.1, 0.15) is 21.5 Å². The molecule has 34 heavy (non-hydrogen) atoms. The number of para-hydroxylation sites is 2. The number of fused-ring (bicyclic) bond motifs is 1. The number of benzene rings is 3. The van der Waals surface area contributed by atoms with E-state index in [0.29, 0.717) is 15.8 Å². The molecule has 1 heterocycles. The molecular formula is C23H16N4O7. The molecule has 0 aliphatic heterocycles. The summed E-state index contributed by atoms with van der Waals surface area (Å²) in [5.74, 6) is -1.20. The average Bonchev–Trinajstić information content (AvgIpc) is 2.83. The number of ether oxygens (including phenoxy) is 1. The van der Waals surface area contributed by atoms with E-state index in [0.717, 1.165) is 6.21 Å². The molecule has 0 saturated carbocycles. The van der Waals surface area contributed by atoms with Gasteiger partial charge in [-0.1, -0.05) is 30.3 Å². The molecule has 0 fully saturated rings. The van der Waals surface area contributed by atoms with Crippen molar-refractivity contribution in [1.29, 1.82) is 0 Å². The van der Waals surface area contributed by atoms with Crippen molar-refractivity contribution in [1.82, 2.24) is 9.66 Å². The van der Waals surface area contributed by atoms with E-state index < -0.39 is 22.1 Å². The molecule has 3 aromatic carbocycles. The van der Waals surface area contributed by atoms with Gasteiger partial charge in [0.15, 0.2) is 0 Å². The van der Waals surface area contributed by atoms with Crippen molar-refractivity contribution in [2.45, 2.75) is 6.61 Å². The number of rotatable bonds is 7. The first-order valence-electron chi connectivity index (χ1n) is 9.86. The zero-order valence-corrected chi connectivity index (χ0v) is 17.4. The Bertz CT molecular complexity index is 1550. The van der Waals surface area contributed by atoms with Crippen LogP contribution in [0.5, 0.6) is 5.75 Å². The topological polar surface area (TPSA) is 157 Å². The fourth-order valence-corrected chi connectivity index (χ4v) is 3.22. The number of nitro benzene ring substituents is 1. The molecular weight excluding hydrogens is 444 g/mol. The number of hydrogen-bond acceptors (Lipinski definition) is 7. The lowest BCUT2D eigenvalue weighted by Crippen LogP contribution is -2.32. The molecule has 2 N–H and O–H groups in total. The summed E-state index contributed by atoms with van der Waals surface area (Å²) < 4.78 is 6.30. The Hall–Kier alpha value is -5.06. The number of H-pyrrole nitrogens is 1. The van der Waals surface area contributed by atoms with E-state index in [1.807, 2.05) is 0 Å². The molecule has 0 saturated heterocycles. The minimum Gasteiger partial charge on any atom is -0.481 e. The van der Waals surface area contributed by atoms with E-state index in [9.17, 15) is 24.5 Å². The first-order valence-corrected chi connectivity index (χ1v) is 9.86. The molecule has 0 bridgehead atoms. The van der Waals surface area contributed by atoms with Gasteiger partial charge in [-0.15, -0.1) is 4.68 Å². The SMILES string of the molecule is O=C(O)c1ccc(COc2c(C=Nn3c(=O)[nH]c4ccccc4c3=O)cccc2[N+](=O)[O-])cc1. The predicted molar refractivity (Wildman–Crippen MR) is 123 cm³/mol. The van der Waals surface area contributed by atoms with E-state index in [2.05, 4.69) is 10.1 Å². The predicted octanol–water partition coefficient (Wildman–Crippen LogP) is 2.76. The van der Waals surface area contributed by atoms with Gasteiger partial charge in [0.2, 0.25) is 5.75 Å². The Kier molecular flexibility index (Phi) is 5.99. The van der Waals surface area contributed by atoms with Gasteiger partial charge in [-0.3, -0.25) is 14.9 Å². The second-order valence-electron chi connectivity index (χ2n) is 7.08. The maximum Gasteiger partial charge on any atom is 0.349 e. The molecule has 0 spiro atoms. The van der Waals surface area contributed by atoms with Crippen LogP contribution in [0.25, 0.3) is 10.9 Å². The standard InChI is InChI=1S/C23H16N4O7/c28-21-17-5-1-2-6-18(17)25-23(31)26(21)24-12-16-4-3-7-19(27(32)33)20(16)34-13-14-8-10-15(11-9-14)22(29)30/h1-12H,13H2,(H,25,31)(H,29,30). The highest BCUT2D eigenvalue weighted by Gasteiger charge is 2.19. The number of aromatic nitrogens is 2. The van der Waals surface area contributed by atoms with Gasteiger partial charge in [-0.2, -0.15) is 5.10 Å². The van der Waals surface area contributed by atoms with Crippen molar-refractivity contribution in [2.24, 2.45) is 5.10 Å². The molecule has 4 aromatic rings. The number of aromatic carboxylic acids is 1. The lowest BCUT2D eigenvalue weighted by atomic mass is 10.1. The number of nitro groups is 1. The van der Waals surface area contributed by atoms with Crippen LogP contribution in [-0.2, 0) is 6.61 Å². The average molecular weight is 460 g/mol. The summed E-state index contributed by atoms with van der Waals surface area (Å²) in [5, 5.41) is 24.7. The molecule has 0 atom stereocenters. The van der Waals surface area contributed by atoms with Crippen molar-refractivity contribution in [3.63, 3.8) is 0 Å². The second-order valence-corrected chi connectivity index (χ2v) is 7.08. The van der Waals surface area contributed by atoms with Crippen molar-refractivity contribution in [3.05, 3.63) is 114 Å². The Morgan fingerprint density at radius 2 is 1.82 bits per heavy atom. The Labute approximate surface area is 190 Å². The molecule has 0 aliphatic rings. The molecule has 0 amide bonds. The summed E-state index contributed by atoms with van der Waals surface area (Å²) in [5.41, 5.74) is -0.575. The maximum absolute atomic E-state index is 12.7. The van der Waals surface area contributed by atoms with Crippen LogP contribution < -0.4 is 16.0 Å². The molecule has 11 nitrogen and oxygen atoms in total. The lowest BCUT2D eigenvalue weighted by Gasteiger charge is -2.10. The highest BCUT2D eigenvalue weighted by atomic mass is 16.6. The Balaban J connectivity index is 1.70. The third-order valence-corrected chi connectivity index (χ3v) is 4.90. The lowest BCUT2D eigenvalue weighted by molar-refractivity contribution is -0.385. The maximum atomic E-state index is 12.7. The highest BCUT2D eigenvalue weighted by Crippen LogP contribution is 2.30. The Morgan fingerprint density at radius 3 is 2.53 bits per heavy atom. The fraction of sp³-hybridized carbons (Fsp3) is 0.0435. The van der Waals surface area contributed by atoms with Gasteiger partial charge in [0.05, 0.1) is 27.6 Å². The zero-order valence-electron chi connectivity index (χ0n) is 17.4. The summed E-state index contributed by atoms with van der Waals surface area (Å²) in [6.45, 7) is -0.0951. The van der Waals surface area contributed by atoms with Gasteiger partial charge < -0.3 is 14.8 Å². The second kappa shape index (κ2) is 9.20. The molecule has 1 aromatic heterocycles. The summed E-state index contributed by atoms with van der Waals surface area (Å²) in [7, 11) is 0. The third kappa shape index (κ3) is 4.43. The number of nitrogens with one attached hydrogen (secondary N) is 1. The van der Waals surface area contributed by atoms with Gasteiger partial charge in [0, 0.05) is 11.6 Å². The summed E-state index contributed by atoms with van der Waals surface area (Å²) in [4.78, 5) is 49.5. The molecule has 0 unspecified atom stereocenters. The van der Waals surface area contributed by atoms with E-state index in [1.54, 1.807) is 18.2 Å². The fourth-order valence-electron chi connectivity index (χ4n) is 3.22. The molecule has 4 rings (SSSR count). The van der Waals surface area contributed by atoms with Crippen molar-refractivity contribution >= 4 is 28.8 Å². The number of carbonyl (C=O) groups is 1. The summed E-state index contributed by atoms with van der Waals surface area (Å²) >= 11 is 0. The van der Waals surface area contributed by atoms with Crippen LogP contribution in [0.3, 0.4) is 0 Å². The van der Waals surface area contributed by atoms with E-state index in [-0.39, 0.29) is 34.6 Å². The van der Waals surface area contributed by atoms with Crippen LogP contribution in [-0.4, -0.2) is 31.9 Å². The molecule has 11 heteroatoms. The van der Waals surface area contributed by atoms with Gasteiger partial charge >= 0.3 is 17.3 Å². The van der Waals surface area contributed by atoms with Gasteiger partial charge in [-0.05, 0) is 35.9 Å². The number of hydrogen-bond donors (Lipinski definition) is 2. The zero-order chi connectivity index (χ0) is 24.2. The van der Waals surface area contributed by atoms with Crippen LogP contribution in [0.2, 0.25) is 0 Å². The normalized spacial score (nSPS) is 11.1. The molecule has 0 aliphatic carbocycles. The smallest absolute Gasteiger partial charge is 0.349 e. The largest absolute Gasteiger partial charge is 0.481 e. The van der Waals surface area contributed by atoms with Crippen LogP contribution in [0.4, 0.5) is 5.69 Å². The monoisotopic (exact) mass is 460 g/mol. The van der Waals surface area contributed by atoms with E-state index in [4.69, 9.17) is 9.84 Å². The number of carboxylic acid groups (broad SMARTS) is 1. The summed E-state index contributed by atoms with van der Waals surface area (Å²) in [6.07, 6.45) is 1.13. The van der Waals surface area contributed by atoms with Crippen LogP contribution >= 0.6 is 0 Å². The third-order valence-electron chi connectivity index (χ3n) is 4.90. The quantitative estimate of drug-likeness (QED) is 0.244. The first kappa shape index (κ1) is 22.1. The Morgan fingerprint density at radius 1 is 1.09 bits per heavy atom. The minimum absolute atomic E-state index is 0.0910. The number of aromatic amines is 1. The van der Waals surface area contributed by atoms with E-state index >= 15 is 0 Å². The van der Waals surface area contributed by atoms with Gasteiger partial charge in [0.1, 0.15) is 6.61 Å². The summed E-state index contributed by atoms with van der Waals surface area (Å²) in [6, 6.07) is 16.4.